The standard InChI is InChI=1S/C19H18F2N2O2/c20-15-7-5-13(6-8-15)18(24)14-9-11-23(12-10-14)19(25)22-17-4-2-1-3-16(17)21/h1-8,14H,9-12H2,(H,22,25). The number of piperidine rings is 1. The summed E-state index contributed by atoms with van der Waals surface area (Å²) in [5.41, 5.74) is 0.618. The number of nitrogens with one attached hydrogen (secondary N) is 1. The quantitative estimate of drug-likeness (QED) is 0.853. The third kappa shape index (κ3) is 4.02. The fraction of sp³-hybridized carbons (Fsp3) is 0.263. The minimum absolute atomic E-state index is 0.0332. The first-order valence-corrected chi connectivity index (χ1v) is 8.15. The molecule has 0 aromatic heterocycles. The number of para-hydroxylation sites is 1. The second-order valence-corrected chi connectivity index (χ2v) is 6.04. The lowest BCUT2D eigenvalue weighted by Gasteiger charge is -2.31. The molecule has 1 aliphatic rings. The highest BCUT2D eigenvalue weighted by molar-refractivity contribution is 5.98. The van der Waals surface area contributed by atoms with E-state index in [-0.39, 0.29) is 29.2 Å². The molecule has 1 N–H and O–H groups in total. The van der Waals surface area contributed by atoms with E-state index < -0.39 is 5.82 Å². The number of urea groups is 1. The number of anilines is 1. The molecule has 1 heterocycles. The number of rotatable bonds is 3. The SMILES string of the molecule is O=C(c1ccc(F)cc1)C1CCN(C(=O)Nc2ccccc2F)CC1. The summed E-state index contributed by atoms with van der Waals surface area (Å²) < 4.78 is 26.5. The van der Waals surface area contributed by atoms with E-state index >= 15 is 0 Å². The van der Waals surface area contributed by atoms with Gasteiger partial charge < -0.3 is 10.2 Å². The number of hydrogen-bond acceptors (Lipinski definition) is 2. The molecule has 0 unspecified atom stereocenters. The summed E-state index contributed by atoms with van der Waals surface area (Å²) in [5.74, 6) is -1.09. The number of benzene rings is 2. The van der Waals surface area contributed by atoms with Crippen LogP contribution < -0.4 is 5.32 Å². The van der Waals surface area contributed by atoms with E-state index in [1.807, 2.05) is 0 Å². The molecule has 130 valence electrons. The number of carbonyl (C=O) groups excluding carboxylic acids is 2. The summed E-state index contributed by atoms with van der Waals surface area (Å²) in [5, 5.41) is 2.55. The lowest BCUT2D eigenvalue weighted by Crippen LogP contribution is -2.42. The first-order valence-electron chi connectivity index (χ1n) is 8.15. The molecule has 2 aromatic carbocycles. The largest absolute Gasteiger partial charge is 0.324 e. The number of carbonyl (C=O) groups is 2. The molecule has 1 fully saturated rings. The van der Waals surface area contributed by atoms with Gasteiger partial charge in [-0.2, -0.15) is 0 Å². The van der Waals surface area contributed by atoms with Crippen LogP contribution in [0.1, 0.15) is 23.2 Å². The minimum Gasteiger partial charge on any atom is -0.324 e. The predicted molar refractivity (Wildman–Crippen MR) is 90.4 cm³/mol. The van der Waals surface area contributed by atoms with E-state index in [1.54, 1.807) is 17.0 Å². The van der Waals surface area contributed by atoms with Crippen molar-refractivity contribution in [2.24, 2.45) is 5.92 Å². The van der Waals surface area contributed by atoms with Gasteiger partial charge in [0.15, 0.2) is 5.78 Å². The van der Waals surface area contributed by atoms with E-state index in [2.05, 4.69) is 5.32 Å². The molecule has 1 aliphatic heterocycles. The Labute approximate surface area is 144 Å². The van der Waals surface area contributed by atoms with Gasteiger partial charge in [0.25, 0.3) is 0 Å². The Morgan fingerprint density at radius 1 is 0.960 bits per heavy atom. The predicted octanol–water partition coefficient (Wildman–Crippen LogP) is 4.09. The summed E-state index contributed by atoms with van der Waals surface area (Å²) >= 11 is 0. The molecule has 0 atom stereocenters. The Balaban J connectivity index is 1.56. The molecule has 1 saturated heterocycles. The van der Waals surface area contributed by atoms with Gasteiger partial charge in [0.1, 0.15) is 11.6 Å². The second kappa shape index (κ2) is 7.42. The number of ketones is 1. The average Bonchev–Trinajstić information content (AvgIpc) is 2.64. The number of Topliss-reactive ketones (excluding diaryl/α,β-unsaturated/α-hetero) is 1. The van der Waals surface area contributed by atoms with E-state index in [0.717, 1.165) is 0 Å². The van der Waals surface area contributed by atoms with E-state index in [4.69, 9.17) is 0 Å². The fourth-order valence-corrected chi connectivity index (χ4v) is 2.95. The molecular weight excluding hydrogens is 326 g/mol. The van der Waals surface area contributed by atoms with Crippen LogP contribution in [0, 0.1) is 17.6 Å². The third-order valence-electron chi connectivity index (χ3n) is 4.40. The zero-order valence-corrected chi connectivity index (χ0v) is 13.5. The second-order valence-electron chi connectivity index (χ2n) is 6.04. The monoisotopic (exact) mass is 344 g/mol. The van der Waals surface area contributed by atoms with Crippen LogP contribution in [0.4, 0.5) is 19.3 Å². The molecule has 0 saturated carbocycles. The number of halogens is 2. The molecule has 0 aliphatic carbocycles. The Hall–Kier alpha value is -2.76. The highest BCUT2D eigenvalue weighted by atomic mass is 19.1. The highest BCUT2D eigenvalue weighted by Gasteiger charge is 2.28. The van der Waals surface area contributed by atoms with Crippen molar-refractivity contribution in [3.05, 3.63) is 65.7 Å². The van der Waals surface area contributed by atoms with Crippen LogP contribution in [0.15, 0.2) is 48.5 Å². The van der Waals surface area contributed by atoms with Gasteiger partial charge in [-0.05, 0) is 49.2 Å². The summed E-state index contributed by atoms with van der Waals surface area (Å²) in [6.45, 7) is 0.829. The van der Waals surface area contributed by atoms with E-state index in [1.165, 1.54) is 36.4 Å². The average molecular weight is 344 g/mol. The smallest absolute Gasteiger partial charge is 0.321 e. The molecule has 3 rings (SSSR count). The van der Waals surface area contributed by atoms with Gasteiger partial charge in [-0.25, -0.2) is 13.6 Å². The molecule has 25 heavy (non-hydrogen) atoms. The van der Waals surface area contributed by atoms with Crippen molar-refractivity contribution in [1.29, 1.82) is 0 Å². The summed E-state index contributed by atoms with van der Waals surface area (Å²) in [7, 11) is 0. The van der Waals surface area contributed by atoms with Gasteiger partial charge in [0, 0.05) is 24.6 Å². The normalized spacial score (nSPS) is 15.0. The van der Waals surface area contributed by atoms with Crippen molar-refractivity contribution in [3.63, 3.8) is 0 Å². The molecule has 4 nitrogen and oxygen atoms in total. The minimum atomic E-state index is -0.489. The van der Waals surface area contributed by atoms with Crippen molar-refractivity contribution in [3.8, 4) is 0 Å². The molecule has 2 amide bonds. The van der Waals surface area contributed by atoms with Gasteiger partial charge in [-0.3, -0.25) is 4.79 Å². The maximum Gasteiger partial charge on any atom is 0.321 e. The molecule has 6 heteroatoms. The fourth-order valence-electron chi connectivity index (χ4n) is 2.95. The van der Waals surface area contributed by atoms with Crippen LogP contribution in [0.25, 0.3) is 0 Å². The molecule has 0 radical (unpaired) electrons. The van der Waals surface area contributed by atoms with Crippen LogP contribution in [0.2, 0.25) is 0 Å². The topological polar surface area (TPSA) is 49.4 Å². The molecule has 0 bridgehead atoms. The maximum absolute atomic E-state index is 13.6. The van der Waals surface area contributed by atoms with Crippen molar-refractivity contribution >= 4 is 17.5 Å². The van der Waals surface area contributed by atoms with Gasteiger partial charge in [-0.15, -0.1) is 0 Å². The van der Waals surface area contributed by atoms with E-state index in [0.29, 0.717) is 31.5 Å². The molecule has 2 aromatic rings. The Bertz CT molecular complexity index is 769. The Kier molecular flexibility index (Phi) is 5.07. The number of hydrogen-bond donors (Lipinski definition) is 1. The zero-order chi connectivity index (χ0) is 17.8. The zero-order valence-electron chi connectivity index (χ0n) is 13.5. The molecule has 0 spiro atoms. The number of amides is 2. The van der Waals surface area contributed by atoms with Gasteiger partial charge in [-0.1, -0.05) is 12.1 Å². The summed E-state index contributed by atoms with van der Waals surface area (Å²) in [6, 6.07) is 11.1. The highest BCUT2D eigenvalue weighted by Crippen LogP contribution is 2.23. The first kappa shape index (κ1) is 17.1. The number of nitrogens with zero attached hydrogens (tertiary/aromatic N) is 1. The van der Waals surface area contributed by atoms with Crippen LogP contribution >= 0.6 is 0 Å². The van der Waals surface area contributed by atoms with Crippen molar-refractivity contribution in [2.45, 2.75) is 12.8 Å². The van der Waals surface area contributed by atoms with Gasteiger partial charge in [0.2, 0.25) is 0 Å². The third-order valence-corrected chi connectivity index (χ3v) is 4.40. The van der Waals surface area contributed by atoms with Crippen LogP contribution in [0.3, 0.4) is 0 Å². The lowest BCUT2D eigenvalue weighted by atomic mass is 9.89. The van der Waals surface area contributed by atoms with Gasteiger partial charge >= 0.3 is 6.03 Å². The maximum atomic E-state index is 13.6. The van der Waals surface area contributed by atoms with Crippen LogP contribution in [-0.2, 0) is 0 Å². The van der Waals surface area contributed by atoms with E-state index in [9.17, 15) is 18.4 Å². The van der Waals surface area contributed by atoms with Crippen molar-refractivity contribution < 1.29 is 18.4 Å². The van der Waals surface area contributed by atoms with Crippen molar-refractivity contribution in [2.75, 3.05) is 18.4 Å². The summed E-state index contributed by atoms with van der Waals surface area (Å²) in [6.07, 6.45) is 1.06. The summed E-state index contributed by atoms with van der Waals surface area (Å²) in [4.78, 5) is 26.2. The Morgan fingerprint density at radius 2 is 1.60 bits per heavy atom. The van der Waals surface area contributed by atoms with Crippen LogP contribution in [0.5, 0.6) is 0 Å². The molecular formula is C19H18F2N2O2. The number of likely N-dealkylation sites (tertiary alicyclic amines) is 1. The van der Waals surface area contributed by atoms with Crippen LogP contribution in [-0.4, -0.2) is 29.8 Å². The van der Waals surface area contributed by atoms with Gasteiger partial charge in [0.05, 0.1) is 5.69 Å². The Morgan fingerprint density at radius 3 is 2.24 bits per heavy atom. The lowest BCUT2D eigenvalue weighted by molar-refractivity contribution is 0.0859. The first-order chi connectivity index (χ1) is 12.0. The van der Waals surface area contributed by atoms with Crippen molar-refractivity contribution in [1.82, 2.24) is 4.90 Å².